The summed E-state index contributed by atoms with van der Waals surface area (Å²) in [6, 6.07) is 4.93. The minimum Gasteiger partial charge on any atom is -0.478 e. The molecule has 0 saturated carbocycles. The van der Waals surface area contributed by atoms with Crippen LogP contribution in [0.1, 0.15) is 118 Å². The number of carbonyl (C=O) groups excluding carboxylic acids is 1. The summed E-state index contributed by atoms with van der Waals surface area (Å²) in [4.78, 5) is 23.7. The fourth-order valence-corrected chi connectivity index (χ4v) is 3.92. The summed E-state index contributed by atoms with van der Waals surface area (Å²) in [5.74, 6) is -1.09. The van der Waals surface area contributed by atoms with Crippen molar-refractivity contribution in [3.8, 4) is 0 Å². The predicted molar refractivity (Wildman–Crippen MR) is 130 cm³/mol. The molecular weight excluding hydrogens is 475 g/mol. The molecule has 1 rings (SSSR count). The van der Waals surface area contributed by atoms with E-state index in [-0.39, 0.29) is 11.3 Å². The van der Waals surface area contributed by atoms with Crippen LogP contribution in [0.15, 0.2) is 30.4 Å². The first-order valence-electron chi connectivity index (χ1n) is 11.3. The Balaban J connectivity index is 2.06. The molecule has 0 heterocycles. The topological polar surface area (TPSA) is 54.4 Å². The molecule has 3 nitrogen and oxygen atoms in total. The number of Topliss-reactive ketones (excluding diaryl/α,β-unsaturated/α-hetero) is 1. The molecule has 29 heavy (non-hydrogen) atoms. The zero-order valence-electron chi connectivity index (χ0n) is 17.9. The van der Waals surface area contributed by atoms with Gasteiger partial charge in [-0.25, -0.2) is 4.79 Å². The minimum absolute atomic E-state index is 0.0569. The molecule has 162 valence electrons. The van der Waals surface area contributed by atoms with E-state index in [1.807, 2.05) is 0 Å². The van der Waals surface area contributed by atoms with Gasteiger partial charge >= 0.3 is 5.97 Å². The number of allylic oxidation sites excluding steroid dienone is 2. The van der Waals surface area contributed by atoms with Crippen LogP contribution in [-0.2, 0) is 0 Å². The van der Waals surface area contributed by atoms with Crippen molar-refractivity contribution in [3.63, 3.8) is 0 Å². The van der Waals surface area contributed by atoms with E-state index in [4.69, 9.17) is 0 Å². The fraction of sp³-hybridized carbons (Fsp3) is 0.600. The van der Waals surface area contributed by atoms with Gasteiger partial charge in [0.25, 0.3) is 0 Å². The molecule has 0 amide bonds. The maximum absolute atomic E-state index is 12.4. The second-order valence-corrected chi connectivity index (χ2v) is 9.00. The molecule has 0 atom stereocenters. The van der Waals surface area contributed by atoms with Gasteiger partial charge in [-0.05, 0) is 72.9 Å². The number of halogens is 1. The van der Waals surface area contributed by atoms with Crippen LogP contribution in [0.3, 0.4) is 0 Å². The first-order chi connectivity index (χ1) is 14.1. The van der Waals surface area contributed by atoms with Gasteiger partial charge in [-0.2, -0.15) is 0 Å². The number of ketones is 1. The molecule has 0 aromatic heterocycles. The number of rotatable bonds is 17. The first kappa shape index (κ1) is 25.9. The Morgan fingerprint density at radius 3 is 1.97 bits per heavy atom. The second-order valence-electron chi connectivity index (χ2n) is 7.75. The van der Waals surface area contributed by atoms with Crippen LogP contribution < -0.4 is 0 Å². The zero-order valence-corrected chi connectivity index (χ0v) is 20.1. The number of carboxylic acid groups (broad SMARTS) is 1. The van der Waals surface area contributed by atoms with Gasteiger partial charge in [0.1, 0.15) is 0 Å². The highest BCUT2D eigenvalue weighted by molar-refractivity contribution is 14.1. The smallest absolute Gasteiger partial charge is 0.336 e. The third kappa shape index (κ3) is 12.2. The van der Waals surface area contributed by atoms with E-state index >= 15 is 0 Å². The summed E-state index contributed by atoms with van der Waals surface area (Å²) < 4.78 is 0.889. The third-order valence-corrected chi connectivity index (χ3v) is 5.85. The molecular formula is C25H37IO3. The highest BCUT2D eigenvalue weighted by Gasteiger charge is 2.16. The van der Waals surface area contributed by atoms with Crippen LogP contribution in [0.5, 0.6) is 0 Å². The van der Waals surface area contributed by atoms with Crippen molar-refractivity contribution >= 4 is 34.3 Å². The maximum atomic E-state index is 12.4. The molecule has 4 heteroatoms. The molecule has 1 aromatic rings. The van der Waals surface area contributed by atoms with Crippen LogP contribution in [0.4, 0.5) is 0 Å². The van der Waals surface area contributed by atoms with Gasteiger partial charge in [-0.3, -0.25) is 4.79 Å². The average Bonchev–Trinajstić information content (AvgIpc) is 2.70. The summed E-state index contributed by atoms with van der Waals surface area (Å²) in [6.45, 7) is 2.25. The standard InChI is InChI=1S/C25H37IO3/c1-2-3-4-5-6-7-8-9-10-11-12-13-14-15-16-17-24(27)23-20-21(26)18-19-22(23)25(28)29/h9-10,18-20H,2-8,11-17H2,1H3,(H,28,29). The number of benzene rings is 1. The average molecular weight is 512 g/mol. The quantitative estimate of drug-likeness (QED) is 0.0991. The Morgan fingerprint density at radius 1 is 0.828 bits per heavy atom. The van der Waals surface area contributed by atoms with Crippen LogP contribution in [0.2, 0.25) is 0 Å². The SMILES string of the molecule is CCCCCCCCC=CCCCCCCCC(=O)c1cc(I)ccc1C(=O)O. The minimum atomic E-state index is -1.03. The van der Waals surface area contributed by atoms with Gasteiger partial charge in [0.05, 0.1) is 5.56 Å². The van der Waals surface area contributed by atoms with Crippen molar-refractivity contribution in [3.05, 3.63) is 45.0 Å². The molecule has 0 radical (unpaired) electrons. The molecule has 0 spiro atoms. The largest absolute Gasteiger partial charge is 0.478 e. The highest BCUT2D eigenvalue weighted by atomic mass is 127. The maximum Gasteiger partial charge on any atom is 0.336 e. The van der Waals surface area contributed by atoms with Crippen molar-refractivity contribution in [1.82, 2.24) is 0 Å². The lowest BCUT2D eigenvalue weighted by molar-refractivity contribution is 0.0691. The van der Waals surface area contributed by atoms with Gasteiger partial charge < -0.3 is 5.11 Å². The Morgan fingerprint density at radius 2 is 1.38 bits per heavy atom. The second kappa shape index (κ2) is 16.6. The van der Waals surface area contributed by atoms with Gasteiger partial charge in [0.2, 0.25) is 0 Å². The Hall–Kier alpha value is -1.17. The van der Waals surface area contributed by atoms with Crippen molar-refractivity contribution in [2.24, 2.45) is 0 Å². The third-order valence-electron chi connectivity index (χ3n) is 5.18. The van der Waals surface area contributed by atoms with E-state index in [0.29, 0.717) is 12.0 Å². The number of unbranched alkanes of at least 4 members (excludes halogenated alkanes) is 11. The van der Waals surface area contributed by atoms with E-state index in [1.54, 1.807) is 12.1 Å². The molecule has 0 aliphatic carbocycles. The van der Waals surface area contributed by atoms with Gasteiger partial charge in [-0.1, -0.05) is 70.4 Å². The van der Waals surface area contributed by atoms with Crippen LogP contribution in [0.25, 0.3) is 0 Å². The van der Waals surface area contributed by atoms with Gasteiger partial charge in [0.15, 0.2) is 5.78 Å². The van der Waals surface area contributed by atoms with Gasteiger partial charge in [-0.15, -0.1) is 0 Å². The van der Waals surface area contributed by atoms with E-state index in [9.17, 15) is 14.7 Å². The van der Waals surface area contributed by atoms with Crippen molar-refractivity contribution < 1.29 is 14.7 Å². The van der Waals surface area contributed by atoms with Crippen LogP contribution in [-0.4, -0.2) is 16.9 Å². The molecule has 1 aromatic carbocycles. The first-order valence-corrected chi connectivity index (χ1v) is 12.3. The number of carboxylic acids is 1. The lowest BCUT2D eigenvalue weighted by Gasteiger charge is -2.06. The molecule has 0 unspecified atom stereocenters. The van der Waals surface area contributed by atoms with Crippen molar-refractivity contribution in [2.45, 2.75) is 96.8 Å². The highest BCUT2D eigenvalue weighted by Crippen LogP contribution is 2.18. The number of hydrogen-bond acceptors (Lipinski definition) is 2. The number of hydrogen-bond donors (Lipinski definition) is 1. The molecule has 0 aliphatic heterocycles. The van der Waals surface area contributed by atoms with Crippen molar-refractivity contribution in [1.29, 1.82) is 0 Å². The summed E-state index contributed by atoms with van der Waals surface area (Å²) in [5.41, 5.74) is 0.461. The summed E-state index contributed by atoms with van der Waals surface area (Å²) in [7, 11) is 0. The van der Waals surface area contributed by atoms with E-state index in [2.05, 4.69) is 41.7 Å². The summed E-state index contributed by atoms with van der Waals surface area (Å²) >= 11 is 2.11. The lowest BCUT2D eigenvalue weighted by atomic mass is 9.99. The summed E-state index contributed by atoms with van der Waals surface area (Å²) in [5, 5.41) is 9.25. The van der Waals surface area contributed by atoms with E-state index in [0.717, 1.165) is 29.3 Å². The lowest BCUT2D eigenvalue weighted by Crippen LogP contribution is -2.09. The van der Waals surface area contributed by atoms with E-state index in [1.165, 1.54) is 63.9 Å². The fourth-order valence-electron chi connectivity index (χ4n) is 3.42. The molecule has 0 fully saturated rings. The van der Waals surface area contributed by atoms with Crippen LogP contribution in [0, 0.1) is 3.57 Å². The summed E-state index contributed by atoms with van der Waals surface area (Å²) in [6.07, 6.45) is 21.0. The predicted octanol–water partition coefficient (Wildman–Crippen LogP) is 8.21. The molecule has 0 bridgehead atoms. The molecule has 1 N–H and O–H groups in total. The number of carbonyl (C=O) groups is 2. The monoisotopic (exact) mass is 512 g/mol. The number of aromatic carboxylic acids is 1. The van der Waals surface area contributed by atoms with Crippen molar-refractivity contribution in [2.75, 3.05) is 0 Å². The normalized spacial score (nSPS) is 11.2. The zero-order chi connectivity index (χ0) is 21.3. The van der Waals surface area contributed by atoms with E-state index < -0.39 is 5.97 Å². The molecule has 0 saturated heterocycles. The Labute approximate surface area is 190 Å². The van der Waals surface area contributed by atoms with Gasteiger partial charge in [0, 0.05) is 15.6 Å². The molecule has 0 aliphatic rings. The Kier molecular flexibility index (Phi) is 14.8. The Bertz CT molecular complexity index is 637. The van der Waals surface area contributed by atoms with Crippen LogP contribution >= 0.6 is 22.6 Å².